The Labute approximate surface area is 153 Å². The Morgan fingerprint density at radius 1 is 1.16 bits per heavy atom. The van der Waals surface area contributed by atoms with E-state index >= 15 is 0 Å². The monoisotopic (exact) mass is 368 g/mol. The van der Waals surface area contributed by atoms with Crippen LogP contribution >= 0.6 is 22.9 Å². The number of hydrogen-bond donors (Lipinski definition) is 1. The van der Waals surface area contributed by atoms with Crippen LogP contribution in [0.3, 0.4) is 0 Å². The number of thiophene rings is 1. The molecule has 25 heavy (non-hydrogen) atoms. The van der Waals surface area contributed by atoms with Gasteiger partial charge in [0.05, 0.1) is 5.39 Å². The first-order chi connectivity index (χ1) is 12.1. The maximum atomic E-state index is 12.6. The molecule has 0 bridgehead atoms. The first kappa shape index (κ1) is 16.0. The van der Waals surface area contributed by atoms with Crippen molar-refractivity contribution >= 4 is 33.2 Å². The normalized spacial score (nSPS) is 11.1. The minimum absolute atomic E-state index is 0.112. The molecule has 0 atom stereocenters. The van der Waals surface area contributed by atoms with Crippen LogP contribution in [0.25, 0.3) is 21.3 Å². The van der Waals surface area contributed by atoms with Gasteiger partial charge in [-0.25, -0.2) is 4.98 Å². The van der Waals surface area contributed by atoms with E-state index in [1.807, 2.05) is 65.7 Å². The fourth-order valence-corrected chi connectivity index (χ4v) is 3.81. The number of hydrogen-bond acceptors (Lipinski definition) is 3. The molecule has 0 aliphatic rings. The van der Waals surface area contributed by atoms with Crippen molar-refractivity contribution in [2.24, 2.45) is 0 Å². The van der Waals surface area contributed by atoms with Gasteiger partial charge < -0.3 is 4.98 Å². The molecule has 4 rings (SSSR count). The molecule has 0 spiro atoms. The van der Waals surface area contributed by atoms with Crippen LogP contribution in [0.1, 0.15) is 11.4 Å². The van der Waals surface area contributed by atoms with Gasteiger partial charge in [0.2, 0.25) is 6.54 Å². The minimum atomic E-state index is -0.112. The number of nitrogens with one attached hydrogen (secondary N) is 1. The third-order valence-electron chi connectivity index (χ3n) is 4.04. The second-order valence-corrected chi connectivity index (χ2v) is 7.19. The van der Waals surface area contributed by atoms with E-state index in [1.165, 1.54) is 16.9 Å². The number of aromatic nitrogens is 3. The second kappa shape index (κ2) is 6.43. The van der Waals surface area contributed by atoms with Crippen molar-refractivity contribution in [3.05, 3.63) is 80.9 Å². The number of nitrogens with zero attached hydrogens (tertiary/aromatic N) is 2. The lowest BCUT2D eigenvalue weighted by Crippen LogP contribution is -2.35. The Hall–Kier alpha value is -2.50. The van der Waals surface area contributed by atoms with Crippen molar-refractivity contribution in [3.8, 4) is 11.1 Å². The van der Waals surface area contributed by atoms with Crippen LogP contribution in [-0.2, 0) is 6.54 Å². The Kier molecular flexibility index (Phi) is 4.11. The SMILES string of the molecule is Cc1cc[n+](Cc2nc3scc(-c4ccc(Cl)cc4)c3c(=O)[nH]2)cc1. The molecule has 0 amide bonds. The van der Waals surface area contributed by atoms with Crippen molar-refractivity contribution < 1.29 is 4.57 Å². The summed E-state index contributed by atoms with van der Waals surface area (Å²) in [5.41, 5.74) is 2.93. The van der Waals surface area contributed by atoms with Crippen LogP contribution in [0.2, 0.25) is 5.02 Å². The predicted octanol–water partition coefficient (Wildman–Crippen LogP) is 3.95. The summed E-state index contributed by atoms with van der Waals surface area (Å²) in [5.74, 6) is 0.649. The van der Waals surface area contributed by atoms with Gasteiger partial charge >= 0.3 is 0 Å². The summed E-state index contributed by atoms with van der Waals surface area (Å²) in [7, 11) is 0. The zero-order valence-corrected chi connectivity index (χ0v) is 15.1. The number of rotatable bonds is 3. The maximum absolute atomic E-state index is 12.6. The van der Waals surface area contributed by atoms with E-state index < -0.39 is 0 Å². The molecule has 4 aromatic rings. The first-order valence-corrected chi connectivity index (χ1v) is 9.08. The molecular formula is C19H15ClN3OS+. The Morgan fingerprint density at radius 2 is 1.88 bits per heavy atom. The average Bonchev–Trinajstić information content (AvgIpc) is 3.02. The highest BCUT2D eigenvalue weighted by Gasteiger charge is 2.14. The Bertz CT molecular complexity index is 1100. The van der Waals surface area contributed by atoms with Gasteiger partial charge in [-0.15, -0.1) is 11.3 Å². The molecule has 6 heteroatoms. The number of aryl methyl sites for hydroxylation is 1. The number of aromatic amines is 1. The molecule has 3 aromatic heterocycles. The number of H-pyrrole nitrogens is 1. The number of halogens is 1. The molecule has 0 saturated heterocycles. The van der Waals surface area contributed by atoms with E-state index in [4.69, 9.17) is 11.6 Å². The molecule has 1 aromatic carbocycles. The second-order valence-electron chi connectivity index (χ2n) is 5.90. The lowest BCUT2D eigenvalue weighted by atomic mass is 10.1. The predicted molar refractivity (Wildman–Crippen MR) is 101 cm³/mol. The van der Waals surface area contributed by atoms with Crippen LogP contribution in [0.15, 0.2) is 59.0 Å². The summed E-state index contributed by atoms with van der Waals surface area (Å²) in [6.45, 7) is 2.57. The third-order valence-corrected chi connectivity index (χ3v) is 5.16. The van der Waals surface area contributed by atoms with Gasteiger partial charge in [-0.1, -0.05) is 23.7 Å². The zero-order chi connectivity index (χ0) is 17.4. The quantitative estimate of drug-likeness (QED) is 0.557. The Morgan fingerprint density at radius 3 is 2.60 bits per heavy atom. The molecule has 0 radical (unpaired) electrons. The molecule has 0 unspecified atom stereocenters. The van der Waals surface area contributed by atoms with Crippen molar-refractivity contribution in [1.82, 2.24) is 9.97 Å². The highest BCUT2D eigenvalue weighted by atomic mass is 35.5. The van der Waals surface area contributed by atoms with Gasteiger partial charge in [0, 0.05) is 28.1 Å². The lowest BCUT2D eigenvalue weighted by molar-refractivity contribution is -0.689. The largest absolute Gasteiger partial charge is 0.305 e. The Balaban J connectivity index is 1.75. The fourth-order valence-electron chi connectivity index (χ4n) is 2.72. The summed E-state index contributed by atoms with van der Waals surface area (Å²) in [6.07, 6.45) is 3.96. The summed E-state index contributed by atoms with van der Waals surface area (Å²) in [4.78, 5) is 20.9. The summed E-state index contributed by atoms with van der Waals surface area (Å²) in [5, 5.41) is 3.27. The van der Waals surface area contributed by atoms with Crippen molar-refractivity contribution in [3.63, 3.8) is 0 Å². The fraction of sp³-hybridized carbons (Fsp3) is 0.105. The van der Waals surface area contributed by atoms with Gasteiger partial charge in [0.25, 0.3) is 5.56 Å². The first-order valence-electron chi connectivity index (χ1n) is 7.82. The number of fused-ring (bicyclic) bond motifs is 1. The molecule has 3 heterocycles. The average molecular weight is 369 g/mol. The van der Waals surface area contributed by atoms with Crippen molar-refractivity contribution in [2.45, 2.75) is 13.5 Å². The van der Waals surface area contributed by atoms with Crippen LogP contribution in [0, 0.1) is 6.92 Å². The molecular weight excluding hydrogens is 354 g/mol. The molecule has 1 N–H and O–H groups in total. The van der Waals surface area contributed by atoms with E-state index in [1.54, 1.807) is 0 Å². The minimum Gasteiger partial charge on any atom is -0.305 e. The van der Waals surface area contributed by atoms with Crippen molar-refractivity contribution in [1.29, 1.82) is 0 Å². The van der Waals surface area contributed by atoms with Crippen molar-refractivity contribution in [2.75, 3.05) is 0 Å². The van der Waals surface area contributed by atoms with E-state index in [9.17, 15) is 4.79 Å². The molecule has 0 aliphatic heterocycles. The summed E-state index contributed by atoms with van der Waals surface area (Å²) in [6, 6.07) is 11.5. The van der Waals surface area contributed by atoms with E-state index in [2.05, 4.69) is 9.97 Å². The summed E-state index contributed by atoms with van der Waals surface area (Å²) >= 11 is 7.43. The smallest absolute Gasteiger partial charge is 0.260 e. The van der Waals surface area contributed by atoms with E-state index in [0.29, 0.717) is 22.8 Å². The molecule has 0 fully saturated rings. The standard InChI is InChI=1S/C19H14ClN3OS/c1-12-6-8-23(9-7-12)10-16-21-18(24)17-15(11-25-19(17)22-16)13-2-4-14(20)5-3-13/h2-9,11H,10H2,1H3/p+1. The van der Waals surface area contributed by atoms with Gasteiger partial charge in [0.1, 0.15) is 4.83 Å². The molecule has 4 nitrogen and oxygen atoms in total. The van der Waals surface area contributed by atoms with Gasteiger partial charge in [0.15, 0.2) is 18.2 Å². The number of benzene rings is 1. The van der Waals surface area contributed by atoms with Crippen LogP contribution in [-0.4, -0.2) is 9.97 Å². The molecule has 0 aliphatic carbocycles. The lowest BCUT2D eigenvalue weighted by Gasteiger charge is -2.01. The van der Waals surface area contributed by atoms with E-state index in [0.717, 1.165) is 16.0 Å². The maximum Gasteiger partial charge on any atom is 0.260 e. The summed E-state index contributed by atoms with van der Waals surface area (Å²) < 4.78 is 1.99. The van der Waals surface area contributed by atoms with Gasteiger partial charge in [-0.05, 0) is 30.2 Å². The topological polar surface area (TPSA) is 49.6 Å². The van der Waals surface area contributed by atoms with E-state index in [-0.39, 0.29) is 5.56 Å². The van der Waals surface area contributed by atoms with Crippen LogP contribution in [0.5, 0.6) is 0 Å². The van der Waals surface area contributed by atoms with Crippen LogP contribution in [0.4, 0.5) is 0 Å². The third kappa shape index (κ3) is 3.21. The molecule has 124 valence electrons. The highest BCUT2D eigenvalue weighted by molar-refractivity contribution is 7.17. The zero-order valence-electron chi connectivity index (χ0n) is 13.5. The van der Waals surface area contributed by atoms with Gasteiger partial charge in [-0.3, -0.25) is 4.79 Å². The van der Waals surface area contributed by atoms with Gasteiger partial charge in [-0.2, -0.15) is 4.57 Å². The number of pyridine rings is 1. The molecule has 0 saturated carbocycles. The van der Waals surface area contributed by atoms with Crippen LogP contribution < -0.4 is 10.1 Å². The highest BCUT2D eigenvalue weighted by Crippen LogP contribution is 2.31.